The lowest BCUT2D eigenvalue weighted by Crippen LogP contribution is -2.30. The summed E-state index contributed by atoms with van der Waals surface area (Å²) in [6, 6.07) is 0.0740. The van der Waals surface area contributed by atoms with Crippen molar-refractivity contribution in [2.24, 2.45) is 7.05 Å². The molecule has 15 heavy (non-hydrogen) atoms. The number of sulfone groups is 1. The number of aromatic nitrogens is 3. The lowest BCUT2D eigenvalue weighted by Gasteiger charge is -2.09. The van der Waals surface area contributed by atoms with E-state index in [1.165, 1.54) is 0 Å². The summed E-state index contributed by atoms with van der Waals surface area (Å²) < 4.78 is 24.1. The fourth-order valence-corrected chi connectivity index (χ4v) is 3.38. The predicted molar refractivity (Wildman–Crippen MR) is 54.9 cm³/mol. The van der Waals surface area contributed by atoms with Crippen molar-refractivity contribution in [3.63, 3.8) is 0 Å². The van der Waals surface area contributed by atoms with Gasteiger partial charge in [0.25, 0.3) is 0 Å². The van der Waals surface area contributed by atoms with Crippen LogP contribution in [0, 0.1) is 0 Å². The molecule has 0 bridgehead atoms. The third-order valence-electron chi connectivity index (χ3n) is 2.61. The van der Waals surface area contributed by atoms with Gasteiger partial charge in [-0.15, -0.1) is 5.10 Å². The quantitative estimate of drug-likeness (QED) is 0.727. The molecule has 0 saturated carbocycles. The first-order valence-corrected chi connectivity index (χ1v) is 6.66. The van der Waals surface area contributed by atoms with Crippen LogP contribution in [-0.4, -0.2) is 41.0 Å². The Morgan fingerprint density at radius 2 is 2.47 bits per heavy atom. The summed E-state index contributed by atoms with van der Waals surface area (Å²) in [4.78, 5) is 0. The van der Waals surface area contributed by atoms with Crippen molar-refractivity contribution in [3.8, 4) is 0 Å². The van der Waals surface area contributed by atoms with E-state index >= 15 is 0 Å². The molecule has 1 saturated heterocycles. The van der Waals surface area contributed by atoms with Crippen molar-refractivity contribution in [2.45, 2.75) is 19.0 Å². The van der Waals surface area contributed by atoms with E-state index in [4.69, 9.17) is 0 Å². The summed E-state index contributed by atoms with van der Waals surface area (Å²) in [7, 11) is -0.982. The van der Waals surface area contributed by atoms with E-state index in [1.807, 2.05) is 7.05 Å². The Hall–Kier alpha value is -0.950. The Labute approximate surface area is 88.6 Å². The second-order valence-corrected chi connectivity index (χ2v) is 6.06. The van der Waals surface area contributed by atoms with Gasteiger partial charge in [0.15, 0.2) is 9.84 Å². The van der Waals surface area contributed by atoms with Gasteiger partial charge in [-0.3, -0.25) is 4.68 Å². The molecular weight excluding hydrogens is 216 g/mol. The zero-order chi connectivity index (χ0) is 10.9. The second kappa shape index (κ2) is 3.90. The molecule has 7 heteroatoms. The van der Waals surface area contributed by atoms with Crippen LogP contribution < -0.4 is 5.32 Å². The topological polar surface area (TPSA) is 76.9 Å². The number of rotatable bonds is 3. The van der Waals surface area contributed by atoms with Crippen LogP contribution in [0.2, 0.25) is 0 Å². The van der Waals surface area contributed by atoms with Crippen LogP contribution in [0.5, 0.6) is 0 Å². The molecule has 84 valence electrons. The van der Waals surface area contributed by atoms with Gasteiger partial charge >= 0.3 is 0 Å². The highest BCUT2D eigenvalue weighted by atomic mass is 32.2. The molecule has 0 aromatic carbocycles. The van der Waals surface area contributed by atoms with Crippen LogP contribution in [0.15, 0.2) is 6.20 Å². The third kappa shape index (κ3) is 2.54. The highest BCUT2D eigenvalue weighted by molar-refractivity contribution is 7.91. The first-order chi connectivity index (χ1) is 7.07. The van der Waals surface area contributed by atoms with Gasteiger partial charge in [0.05, 0.1) is 23.4 Å². The number of hydrogen-bond acceptors (Lipinski definition) is 5. The average Bonchev–Trinajstić information content (AvgIpc) is 2.69. The lowest BCUT2D eigenvalue weighted by molar-refractivity contribution is 0.532. The SMILES string of the molecule is Cn1nncc1CNC1CCS(=O)(=O)C1. The maximum atomic E-state index is 11.2. The Morgan fingerprint density at radius 3 is 3.00 bits per heavy atom. The molecule has 1 N–H and O–H groups in total. The molecule has 0 aliphatic carbocycles. The monoisotopic (exact) mass is 230 g/mol. The fraction of sp³-hybridized carbons (Fsp3) is 0.750. The summed E-state index contributed by atoms with van der Waals surface area (Å²) in [6.45, 7) is 0.615. The molecule has 1 unspecified atom stereocenters. The van der Waals surface area contributed by atoms with Gasteiger partial charge in [0, 0.05) is 19.6 Å². The first kappa shape index (κ1) is 10.6. The van der Waals surface area contributed by atoms with Gasteiger partial charge in [0.1, 0.15) is 0 Å². The van der Waals surface area contributed by atoms with Gasteiger partial charge in [-0.05, 0) is 6.42 Å². The zero-order valence-electron chi connectivity index (χ0n) is 8.55. The molecule has 2 heterocycles. The van der Waals surface area contributed by atoms with Crippen molar-refractivity contribution in [1.82, 2.24) is 20.3 Å². The van der Waals surface area contributed by atoms with Gasteiger partial charge < -0.3 is 5.32 Å². The van der Waals surface area contributed by atoms with Gasteiger partial charge in [-0.25, -0.2) is 8.42 Å². The van der Waals surface area contributed by atoms with E-state index in [-0.39, 0.29) is 11.8 Å². The molecule has 0 spiro atoms. The van der Waals surface area contributed by atoms with Gasteiger partial charge in [-0.2, -0.15) is 0 Å². The molecule has 1 atom stereocenters. The Bertz CT molecular complexity index is 439. The minimum Gasteiger partial charge on any atom is -0.307 e. The average molecular weight is 230 g/mol. The van der Waals surface area contributed by atoms with Gasteiger partial charge in [0.2, 0.25) is 0 Å². The van der Waals surface area contributed by atoms with E-state index in [1.54, 1.807) is 10.9 Å². The van der Waals surface area contributed by atoms with Crippen LogP contribution in [-0.2, 0) is 23.4 Å². The summed E-state index contributed by atoms with van der Waals surface area (Å²) >= 11 is 0. The molecule has 1 aromatic rings. The zero-order valence-corrected chi connectivity index (χ0v) is 9.37. The van der Waals surface area contributed by atoms with Crippen molar-refractivity contribution in [2.75, 3.05) is 11.5 Å². The molecule has 1 aliphatic heterocycles. The largest absolute Gasteiger partial charge is 0.307 e. The van der Waals surface area contributed by atoms with E-state index in [9.17, 15) is 8.42 Å². The molecule has 6 nitrogen and oxygen atoms in total. The molecule has 0 radical (unpaired) electrons. The molecule has 1 aromatic heterocycles. The normalized spacial score (nSPS) is 24.5. The molecule has 1 fully saturated rings. The minimum absolute atomic E-state index is 0.0740. The first-order valence-electron chi connectivity index (χ1n) is 4.84. The Morgan fingerprint density at radius 1 is 1.67 bits per heavy atom. The number of nitrogens with zero attached hydrogens (tertiary/aromatic N) is 3. The van der Waals surface area contributed by atoms with E-state index in [0.717, 1.165) is 5.69 Å². The van der Waals surface area contributed by atoms with E-state index < -0.39 is 9.84 Å². The predicted octanol–water partition coefficient (Wildman–Crippen LogP) is -0.908. The molecule has 0 amide bonds. The molecule has 1 aliphatic rings. The van der Waals surface area contributed by atoms with Crippen LogP contribution in [0.25, 0.3) is 0 Å². The maximum Gasteiger partial charge on any atom is 0.151 e. The minimum atomic E-state index is -2.80. The number of nitrogens with one attached hydrogen (secondary N) is 1. The summed E-state index contributed by atoms with van der Waals surface area (Å²) in [5.41, 5.74) is 0.958. The third-order valence-corrected chi connectivity index (χ3v) is 4.38. The molecule has 2 rings (SSSR count). The van der Waals surface area contributed by atoms with Crippen molar-refractivity contribution in [1.29, 1.82) is 0 Å². The van der Waals surface area contributed by atoms with Crippen molar-refractivity contribution < 1.29 is 8.42 Å². The van der Waals surface area contributed by atoms with Crippen LogP contribution in [0.3, 0.4) is 0 Å². The summed E-state index contributed by atoms with van der Waals surface area (Å²) in [6.07, 6.45) is 2.38. The highest BCUT2D eigenvalue weighted by Gasteiger charge is 2.27. The van der Waals surface area contributed by atoms with Crippen LogP contribution in [0.1, 0.15) is 12.1 Å². The van der Waals surface area contributed by atoms with Crippen molar-refractivity contribution in [3.05, 3.63) is 11.9 Å². The fourth-order valence-electron chi connectivity index (χ4n) is 1.68. The van der Waals surface area contributed by atoms with Crippen molar-refractivity contribution >= 4 is 9.84 Å². The van der Waals surface area contributed by atoms with E-state index in [0.29, 0.717) is 18.7 Å². The highest BCUT2D eigenvalue weighted by Crippen LogP contribution is 2.11. The number of aryl methyl sites for hydroxylation is 1. The summed E-state index contributed by atoms with van der Waals surface area (Å²) in [5.74, 6) is 0.548. The Kier molecular flexibility index (Phi) is 2.74. The smallest absolute Gasteiger partial charge is 0.151 e. The standard InChI is InChI=1S/C8H14N4O2S/c1-12-8(5-10-11-12)4-9-7-2-3-15(13,14)6-7/h5,7,9H,2-4,6H2,1H3. The second-order valence-electron chi connectivity index (χ2n) is 3.83. The maximum absolute atomic E-state index is 11.2. The summed E-state index contributed by atoms with van der Waals surface area (Å²) in [5, 5.41) is 10.7. The molecular formula is C8H14N4O2S. The van der Waals surface area contributed by atoms with Crippen LogP contribution in [0.4, 0.5) is 0 Å². The Balaban J connectivity index is 1.88. The number of hydrogen-bond donors (Lipinski definition) is 1. The van der Waals surface area contributed by atoms with Crippen LogP contribution >= 0.6 is 0 Å². The van der Waals surface area contributed by atoms with Gasteiger partial charge in [-0.1, -0.05) is 5.21 Å². The lowest BCUT2D eigenvalue weighted by atomic mass is 10.2. The van der Waals surface area contributed by atoms with E-state index in [2.05, 4.69) is 15.6 Å².